The van der Waals surface area contributed by atoms with Gasteiger partial charge in [0.1, 0.15) is 5.75 Å². The number of aryl methyl sites for hydroxylation is 1. The van der Waals surface area contributed by atoms with Gasteiger partial charge >= 0.3 is 0 Å². The summed E-state index contributed by atoms with van der Waals surface area (Å²) in [6, 6.07) is 15.2. The molecule has 7 heteroatoms. The molecule has 0 radical (unpaired) electrons. The van der Waals surface area contributed by atoms with Crippen molar-refractivity contribution < 1.29 is 9.53 Å². The van der Waals surface area contributed by atoms with Crippen molar-refractivity contribution in [2.75, 3.05) is 26.7 Å². The van der Waals surface area contributed by atoms with Crippen LogP contribution in [0.2, 0.25) is 0 Å². The molecule has 3 fully saturated rings. The van der Waals surface area contributed by atoms with E-state index < -0.39 is 0 Å². The lowest BCUT2D eigenvalue weighted by Gasteiger charge is -2.53. The number of nitrogens with one attached hydrogen (secondary N) is 3. The van der Waals surface area contributed by atoms with Crippen LogP contribution in [-0.2, 0) is 6.54 Å². The van der Waals surface area contributed by atoms with E-state index in [9.17, 15) is 10.1 Å². The topological polar surface area (TPSA) is 93.2 Å². The van der Waals surface area contributed by atoms with E-state index in [1.165, 1.54) is 22.1 Å². The summed E-state index contributed by atoms with van der Waals surface area (Å²) < 4.78 is 5.87. The molecule has 0 bridgehead atoms. The number of ether oxygens (including phenoxy) is 1. The highest BCUT2D eigenvalue weighted by molar-refractivity contribution is 5.94. The van der Waals surface area contributed by atoms with Gasteiger partial charge in [-0.25, -0.2) is 0 Å². The molecule has 6 rings (SSSR count). The first kappa shape index (κ1) is 26.9. The third-order valence-electron chi connectivity index (χ3n) is 10.0. The van der Waals surface area contributed by atoms with Crippen LogP contribution in [0.15, 0.2) is 42.6 Å². The number of methoxy groups -OCH3 is 1. The normalized spacial score (nSPS) is 25.3. The van der Waals surface area contributed by atoms with Gasteiger partial charge in [0.15, 0.2) is 0 Å². The van der Waals surface area contributed by atoms with E-state index in [1.807, 2.05) is 18.3 Å². The minimum atomic E-state index is -0.244. The van der Waals surface area contributed by atoms with Crippen LogP contribution >= 0.6 is 0 Å². The molecule has 40 heavy (non-hydrogen) atoms. The molecule has 2 saturated heterocycles. The van der Waals surface area contributed by atoms with Gasteiger partial charge in [-0.15, -0.1) is 0 Å². The number of nitriles is 1. The van der Waals surface area contributed by atoms with E-state index in [0.717, 1.165) is 63.1 Å². The van der Waals surface area contributed by atoms with Crippen molar-refractivity contribution in [3.05, 3.63) is 64.8 Å². The fraction of sp³-hybridized carbons (Fsp3) is 0.515. The van der Waals surface area contributed by atoms with E-state index in [-0.39, 0.29) is 28.8 Å². The van der Waals surface area contributed by atoms with Gasteiger partial charge in [0.25, 0.3) is 5.91 Å². The Morgan fingerprint density at radius 1 is 1.20 bits per heavy atom. The van der Waals surface area contributed by atoms with Gasteiger partial charge in [-0.05, 0) is 93.8 Å². The smallest absolute Gasteiger partial charge is 0.251 e. The molecule has 1 saturated carbocycles. The molecule has 3 N–H and O–H groups in total. The van der Waals surface area contributed by atoms with Crippen molar-refractivity contribution in [2.45, 2.75) is 64.6 Å². The number of carbonyl (C=O) groups excluding carboxylic acids is 1. The first-order valence-electron chi connectivity index (χ1n) is 14.6. The Bertz CT molecular complexity index is 1440. The molecule has 3 aliphatic rings. The molecule has 7 nitrogen and oxygen atoms in total. The molecular formula is C33H41N5O2. The molecule has 1 unspecified atom stereocenters. The third kappa shape index (κ3) is 4.78. The summed E-state index contributed by atoms with van der Waals surface area (Å²) in [5, 5.41) is 17.3. The number of fused-ring (bicyclic) bond motifs is 1. The standard InChI is InChI=1S/C33H41N5O2/c1-21-13-29(40-4)27(26-9-11-36-30(21)26)20-38-12-10-33(14-22(15-33)17-34)16-28(38)23-5-7-24(8-6-23)31(39)37-32(2,3)25-18-35-19-25/h5-9,11,13,22,25,28,35-36H,10,12,14-16,18-20H2,1-4H3,(H,37,39). The number of hydrogen-bond acceptors (Lipinski definition) is 5. The fourth-order valence-corrected chi connectivity index (χ4v) is 7.25. The molecular weight excluding hydrogens is 498 g/mol. The second-order valence-corrected chi connectivity index (χ2v) is 13.0. The fourth-order valence-electron chi connectivity index (χ4n) is 7.25. The minimum absolute atomic E-state index is 0.0180. The maximum absolute atomic E-state index is 13.1. The second kappa shape index (κ2) is 10.2. The van der Waals surface area contributed by atoms with Gasteiger partial charge in [-0.3, -0.25) is 9.69 Å². The average molecular weight is 540 g/mol. The number of amides is 1. The number of carbonyl (C=O) groups is 1. The van der Waals surface area contributed by atoms with Gasteiger partial charge in [0, 0.05) is 71.3 Å². The summed E-state index contributed by atoms with van der Waals surface area (Å²) in [6.45, 7) is 9.97. The number of piperidine rings is 1. The Morgan fingerprint density at radius 2 is 1.95 bits per heavy atom. The number of aromatic amines is 1. The van der Waals surface area contributed by atoms with Crippen LogP contribution in [0.4, 0.5) is 0 Å². The van der Waals surface area contributed by atoms with Gasteiger partial charge in [-0.1, -0.05) is 12.1 Å². The molecule has 1 aliphatic carbocycles. The molecule has 2 aromatic carbocycles. The van der Waals surface area contributed by atoms with Crippen molar-refractivity contribution in [1.29, 1.82) is 5.26 Å². The number of rotatable bonds is 7. The summed E-state index contributed by atoms with van der Waals surface area (Å²) in [6.07, 6.45) is 6.14. The van der Waals surface area contributed by atoms with Crippen LogP contribution in [-0.4, -0.2) is 48.1 Å². The molecule has 210 valence electrons. The van der Waals surface area contributed by atoms with Crippen molar-refractivity contribution >= 4 is 16.8 Å². The van der Waals surface area contributed by atoms with Gasteiger partial charge in [0.05, 0.1) is 13.2 Å². The first-order valence-corrected chi connectivity index (χ1v) is 14.6. The lowest BCUT2D eigenvalue weighted by molar-refractivity contribution is -0.0298. The quantitative estimate of drug-likeness (QED) is 0.370. The van der Waals surface area contributed by atoms with E-state index in [2.05, 4.69) is 71.6 Å². The average Bonchev–Trinajstić information content (AvgIpc) is 3.38. The number of H-pyrrole nitrogens is 1. The lowest BCUT2D eigenvalue weighted by Crippen LogP contribution is -2.60. The highest BCUT2D eigenvalue weighted by atomic mass is 16.5. The largest absolute Gasteiger partial charge is 0.496 e. The number of likely N-dealkylation sites (tertiary alicyclic amines) is 1. The predicted octanol–water partition coefficient (Wildman–Crippen LogP) is 5.47. The number of benzene rings is 2. The predicted molar refractivity (Wildman–Crippen MR) is 157 cm³/mol. The zero-order valence-corrected chi connectivity index (χ0v) is 24.1. The summed E-state index contributed by atoms with van der Waals surface area (Å²) in [4.78, 5) is 19.1. The van der Waals surface area contributed by atoms with Crippen LogP contribution < -0.4 is 15.4 Å². The Labute approximate surface area is 237 Å². The molecule has 1 amide bonds. The van der Waals surface area contributed by atoms with Gasteiger partial charge in [0.2, 0.25) is 0 Å². The molecule has 2 aliphatic heterocycles. The Hall–Kier alpha value is -3.34. The van der Waals surface area contributed by atoms with Gasteiger partial charge < -0.3 is 20.4 Å². The van der Waals surface area contributed by atoms with Crippen molar-refractivity contribution in [3.63, 3.8) is 0 Å². The summed E-state index contributed by atoms with van der Waals surface area (Å²) in [5.41, 5.74) is 5.46. The van der Waals surface area contributed by atoms with Crippen LogP contribution in [0.3, 0.4) is 0 Å². The lowest BCUT2D eigenvalue weighted by atomic mass is 9.56. The van der Waals surface area contributed by atoms with Crippen LogP contribution in [0.25, 0.3) is 10.9 Å². The molecule has 3 aromatic rings. The zero-order chi connectivity index (χ0) is 28.1. The molecule has 3 heterocycles. The van der Waals surface area contributed by atoms with E-state index in [4.69, 9.17) is 4.74 Å². The Kier molecular flexibility index (Phi) is 6.88. The Morgan fingerprint density at radius 3 is 2.60 bits per heavy atom. The monoisotopic (exact) mass is 539 g/mol. The van der Waals surface area contributed by atoms with Crippen LogP contribution in [0.1, 0.15) is 72.6 Å². The molecule has 1 aromatic heterocycles. The maximum atomic E-state index is 13.1. The molecule has 1 atom stereocenters. The SMILES string of the molecule is COc1cc(C)c2[nH]ccc2c1CN1CCC2(CC(C#N)C2)CC1c1ccc(C(=O)NC(C)(C)C2CNC2)cc1. The highest BCUT2D eigenvalue weighted by Crippen LogP contribution is 2.56. The van der Waals surface area contributed by atoms with Crippen molar-refractivity contribution in [1.82, 2.24) is 20.5 Å². The third-order valence-corrected chi connectivity index (χ3v) is 10.0. The maximum Gasteiger partial charge on any atom is 0.251 e. The van der Waals surface area contributed by atoms with Crippen LogP contribution in [0, 0.1) is 35.5 Å². The van der Waals surface area contributed by atoms with Gasteiger partial charge in [-0.2, -0.15) is 5.26 Å². The first-order chi connectivity index (χ1) is 19.2. The second-order valence-electron chi connectivity index (χ2n) is 13.0. The minimum Gasteiger partial charge on any atom is -0.496 e. The van der Waals surface area contributed by atoms with Crippen molar-refractivity contribution in [3.8, 4) is 11.8 Å². The summed E-state index contributed by atoms with van der Waals surface area (Å²) >= 11 is 0. The van der Waals surface area contributed by atoms with E-state index in [0.29, 0.717) is 11.5 Å². The summed E-state index contributed by atoms with van der Waals surface area (Å²) in [7, 11) is 1.75. The highest BCUT2D eigenvalue weighted by Gasteiger charge is 2.49. The number of hydrogen-bond donors (Lipinski definition) is 3. The Balaban J connectivity index is 1.27. The number of aromatic nitrogens is 1. The van der Waals surface area contributed by atoms with Crippen molar-refractivity contribution in [2.24, 2.45) is 17.3 Å². The van der Waals surface area contributed by atoms with E-state index >= 15 is 0 Å². The number of nitrogens with zero attached hydrogens (tertiary/aromatic N) is 2. The zero-order valence-electron chi connectivity index (χ0n) is 24.1. The van der Waals surface area contributed by atoms with Crippen LogP contribution in [0.5, 0.6) is 5.75 Å². The summed E-state index contributed by atoms with van der Waals surface area (Å²) in [5.74, 6) is 1.54. The van der Waals surface area contributed by atoms with E-state index in [1.54, 1.807) is 7.11 Å². The molecule has 1 spiro atoms.